The molecule has 1 saturated carbocycles. The number of amides is 1. The van der Waals surface area contributed by atoms with Gasteiger partial charge in [-0.3, -0.25) is 10.1 Å². The van der Waals surface area contributed by atoms with Crippen LogP contribution in [0.5, 0.6) is 5.75 Å². The van der Waals surface area contributed by atoms with Crippen LogP contribution in [0.1, 0.15) is 24.4 Å². The highest BCUT2D eigenvalue weighted by Crippen LogP contribution is 2.25. The standard InChI is InChI=1S/C11H14N2O2/c12-11(15)10(13-8-4-5-8)7-2-1-3-9(14)6-7/h1-3,6,8,10,13-14H,4-5H2,(H2,12,15). The highest BCUT2D eigenvalue weighted by atomic mass is 16.3. The Morgan fingerprint density at radius 3 is 2.80 bits per heavy atom. The van der Waals surface area contributed by atoms with Gasteiger partial charge in [-0.1, -0.05) is 12.1 Å². The molecule has 1 atom stereocenters. The van der Waals surface area contributed by atoms with E-state index in [1.54, 1.807) is 24.3 Å². The number of primary amides is 1. The van der Waals surface area contributed by atoms with Crippen molar-refractivity contribution in [1.29, 1.82) is 0 Å². The summed E-state index contributed by atoms with van der Waals surface area (Å²) in [5, 5.41) is 12.5. The summed E-state index contributed by atoms with van der Waals surface area (Å²) >= 11 is 0. The number of benzene rings is 1. The van der Waals surface area contributed by atoms with E-state index in [2.05, 4.69) is 5.32 Å². The van der Waals surface area contributed by atoms with Crippen LogP contribution in [0.15, 0.2) is 24.3 Å². The maximum absolute atomic E-state index is 11.3. The molecule has 1 fully saturated rings. The van der Waals surface area contributed by atoms with E-state index < -0.39 is 11.9 Å². The molecule has 2 rings (SSSR count). The van der Waals surface area contributed by atoms with E-state index in [9.17, 15) is 9.90 Å². The van der Waals surface area contributed by atoms with Crippen molar-refractivity contribution in [2.24, 2.45) is 5.73 Å². The number of carbonyl (C=O) groups is 1. The summed E-state index contributed by atoms with van der Waals surface area (Å²) in [5.74, 6) is -0.260. The first-order chi connectivity index (χ1) is 7.16. The lowest BCUT2D eigenvalue weighted by molar-refractivity contribution is -0.120. The van der Waals surface area contributed by atoms with Gasteiger partial charge in [0.2, 0.25) is 5.91 Å². The average molecular weight is 206 g/mol. The third kappa shape index (κ3) is 2.47. The number of hydrogen-bond donors (Lipinski definition) is 3. The molecule has 4 N–H and O–H groups in total. The van der Waals surface area contributed by atoms with Gasteiger partial charge in [-0.15, -0.1) is 0 Å². The molecule has 0 radical (unpaired) electrons. The number of phenols is 1. The number of carbonyl (C=O) groups excluding carboxylic acids is 1. The van der Waals surface area contributed by atoms with Gasteiger partial charge in [0.1, 0.15) is 11.8 Å². The molecule has 0 saturated heterocycles. The van der Waals surface area contributed by atoms with E-state index in [0.29, 0.717) is 6.04 Å². The number of hydrogen-bond acceptors (Lipinski definition) is 3. The van der Waals surface area contributed by atoms with Crippen molar-refractivity contribution in [3.8, 4) is 5.75 Å². The van der Waals surface area contributed by atoms with Gasteiger partial charge >= 0.3 is 0 Å². The summed E-state index contributed by atoms with van der Waals surface area (Å²) in [6.45, 7) is 0. The van der Waals surface area contributed by atoms with Crippen molar-refractivity contribution < 1.29 is 9.90 Å². The topological polar surface area (TPSA) is 75.4 Å². The minimum absolute atomic E-state index is 0.149. The molecule has 1 aliphatic rings. The second kappa shape index (κ2) is 3.90. The molecule has 1 aromatic rings. The maximum atomic E-state index is 11.3. The fraction of sp³-hybridized carbons (Fsp3) is 0.364. The van der Waals surface area contributed by atoms with Crippen LogP contribution in [0.4, 0.5) is 0 Å². The first-order valence-electron chi connectivity index (χ1n) is 5.01. The van der Waals surface area contributed by atoms with Crippen LogP contribution in [0.25, 0.3) is 0 Å². The molecule has 0 aromatic heterocycles. The van der Waals surface area contributed by atoms with Crippen molar-refractivity contribution in [3.63, 3.8) is 0 Å². The molecule has 1 aliphatic carbocycles. The average Bonchev–Trinajstić information content (AvgIpc) is 2.97. The lowest BCUT2D eigenvalue weighted by Gasteiger charge is -2.15. The van der Waals surface area contributed by atoms with Crippen LogP contribution in [0.3, 0.4) is 0 Å². The zero-order valence-corrected chi connectivity index (χ0v) is 8.31. The Labute approximate surface area is 88.1 Å². The maximum Gasteiger partial charge on any atom is 0.239 e. The van der Waals surface area contributed by atoms with E-state index in [-0.39, 0.29) is 5.75 Å². The smallest absolute Gasteiger partial charge is 0.239 e. The quantitative estimate of drug-likeness (QED) is 0.677. The first kappa shape index (κ1) is 9.98. The van der Waals surface area contributed by atoms with Gasteiger partial charge in [0, 0.05) is 6.04 Å². The zero-order chi connectivity index (χ0) is 10.8. The van der Waals surface area contributed by atoms with Gasteiger partial charge in [-0.25, -0.2) is 0 Å². The van der Waals surface area contributed by atoms with Gasteiger partial charge in [0.25, 0.3) is 0 Å². The van der Waals surface area contributed by atoms with Gasteiger partial charge in [0.15, 0.2) is 0 Å². The van der Waals surface area contributed by atoms with Crippen molar-refractivity contribution in [1.82, 2.24) is 5.32 Å². The lowest BCUT2D eigenvalue weighted by atomic mass is 10.1. The Kier molecular flexibility index (Phi) is 2.60. The Morgan fingerprint density at radius 1 is 1.53 bits per heavy atom. The molecule has 1 unspecified atom stereocenters. The number of rotatable bonds is 4. The van der Waals surface area contributed by atoms with E-state index in [4.69, 9.17) is 5.73 Å². The minimum Gasteiger partial charge on any atom is -0.508 e. The van der Waals surface area contributed by atoms with Gasteiger partial charge in [-0.05, 0) is 30.5 Å². The van der Waals surface area contributed by atoms with Gasteiger partial charge < -0.3 is 10.8 Å². The summed E-state index contributed by atoms with van der Waals surface area (Å²) in [7, 11) is 0. The fourth-order valence-corrected chi connectivity index (χ4v) is 1.53. The normalized spacial score (nSPS) is 17.3. The van der Waals surface area contributed by atoms with Crippen LogP contribution in [-0.2, 0) is 4.79 Å². The second-order valence-corrected chi connectivity index (χ2v) is 3.87. The van der Waals surface area contributed by atoms with Gasteiger partial charge in [-0.2, -0.15) is 0 Å². The van der Waals surface area contributed by atoms with Crippen LogP contribution in [-0.4, -0.2) is 17.1 Å². The zero-order valence-electron chi connectivity index (χ0n) is 8.31. The molecule has 1 aromatic carbocycles. The number of nitrogens with one attached hydrogen (secondary N) is 1. The molecule has 15 heavy (non-hydrogen) atoms. The molecular weight excluding hydrogens is 192 g/mol. The lowest BCUT2D eigenvalue weighted by Crippen LogP contribution is -2.34. The Balaban J connectivity index is 2.18. The molecule has 0 spiro atoms. The first-order valence-corrected chi connectivity index (χ1v) is 5.01. The summed E-state index contributed by atoms with van der Waals surface area (Å²) in [6, 6.07) is 6.51. The predicted molar refractivity (Wildman–Crippen MR) is 56.2 cm³/mol. The van der Waals surface area contributed by atoms with Crippen LogP contribution in [0.2, 0.25) is 0 Å². The van der Waals surface area contributed by atoms with Crippen LogP contribution in [0, 0.1) is 0 Å². The number of phenolic OH excluding ortho intramolecular Hbond substituents is 1. The van der Waals surface area contributed by atoms with Crippen LogP contribution < -0.4 is 11.1 Å². The van der Waals surface area contributed by atoms with E-state index in [1.807, 2.05) is 0 Å². The third-order valence-corrected chi connectivity index (χ3v) is 2.47. The predicted octanol–water partition coefficient (Wildman–Crippen LogP) is 0.671. The fourth-order valence-electron chi connectivity index (χ4n) is 1.53. The van der Waals surface area contributed by atoms with Crippen molar-refractivity contribution in [3.05, 3.63) is 29.8 Å². The van der Waals surface area contributed by atoms with Crippen molar-refractivity contribution >= 4 is 5.91 Å². The number of aromatic hydroxyl groups is 1. The Hall–Kier alpha value is -1.55. The highest BCUT2D eigenvalue weighted by Gasteiger charge is 2.28. The largest absolute Gasteiger partial charge is 0.508 e. The highest BCUT2D eigenvalue weighted by molar-refractivity contribution is 5.81. The molecule has 0 heterocycles. The monoisotopic (exact) mass is 206 g/mol. The summed E-state index contributed by atoms with van der Waals surface area (Å²) < 4.78 is 0. The molecule has 1 amide bonds. The van der Waals surface area contributed by atoms with Crippen molar-refractivity contribution in [2.75, 3.05) is 0 Å². The Bertz CT molecular complexity index is 375. The molecule has 0 bridgehead atoms. The van der Waals surface area contributed by atoms with Gasteiger partial charge in [0.05, 0.1) is 0 Å². The van der Waals surface area contributed by atoms with E-state index in [0.717, 1.165) is 18.4 Å². The number of nitrogens with two attached hydrogens (primary N) is 1. The minimum atomic E-state index is -0.496. The van der Waals surface area contributed by atoms with Crippen molar-refractivity contribution in [2.45, 2.75) is 24.9 Å². The molecule has 0 aliphatic heterocycles. The summed E-state index contributed by atoms with van der Waals surface area (Å²) in [4.78, 5) is 11.3. The van der Waals surface area contributed by atoms with E-state index >= 15 is 0 Å². The molecular formula is C11H14N2O2. The van der Waals surface area contributed by atoms with E-state index in [1.165, 1.54) is 0 Å². The van der Waals surface area contributed by atoms with Crippen LogP contribution >= 0.6 is 0 Å². The molecule has 4 nitrogen and oxygen atoms in total. The third-order valence-electron chi connectivity index (χ3n) is 2.47. The Morgan fingerprint density at radius 2 is 2.27 bits per heavy atom. The summed E-state index contributed by atoms with van der Waals surface area (Å²) in [5.41, 5.74) is 6.03. The molecule has 4 heteroatoms. The SMILES string of the molecule is NC(=O)C(NC1CC1)c1cccc(O)c1. The second-order valence-electron chi connectivity index (χ2n) is 3.87. The molecule has 80 valence electrons. The summed E-state index contributed by atoms with van der Waals surface area (Å²) in [6.07, 6.45) is 2.17.